The van der Waals surface area contributed by atoms with Crippen molar-refractivity contribution in [2.75, 3.05) is 7.11 Å². The lowest BCUT2D eigenvalue weighted by atomic mass is 10.2. The maximum Gasteiger partial charge on any atom is 0.449 e. The van der Waals surface area contributed by atoms with E-state index in [2.05, 4.69) is 9.78 Å². The minimum Gasteiger partial charge on any atom is -0.275 e. The predicted molar refractivity (Wildman–Crippen MR) is 50.8 cm³/mol. The smallest absolute Gasteiger partial charge is 0.275 e. The van der Waals surface area contributed by atoms with Gasteiger partial charge >= 0.3 is 6.09 Å². The van der Waals surface area contributed by atoms with Gasteiger partial charge in [-0.25, -0.2) is 4.79 Å². The van der Waals surface area contributed by atoms with Crippen molar-refractivity contribution < 1.29 is 14.6 Å². The number of aromatic nitrogens is 1. The molecule has 4 nitrogen and oxygen atoms in total. The molecule has 0 radical (unpaired) electrons. The van der Waals surface area contributed by atoms with Gasteiger partial charge in [0, 0.05) is 11.6 Å². The first-order chi connectivity index (χ1) is 6.83. The first-order valence-electron chi connectivity index (χ1n) is 4.14. The summed E-state index contributed by atoms with van der Waals surface area (Å²) in [7, 11) is 1.30. The molecule has 0 bridgehead atoms. The molecule has 1 aromatic carbocycles. The number of benzene rings is 1. The minimum atomic E-state index is -0.548. The van der Waals surface area contributed by atoms with Gasteiger partial charge in [-0.3, -0.25) is 9.45 Å². The van der Waals surface area contributed by atoms with E-state index < -0.39 is 6.09 Å². The third-order valence-corrected chi connectivity index (χ3v) is 1.95. The SMILES string of the molecule is COOC(=O)n1ccc2ccccc21. The Bertz CT molecular complexity index is 461. The Balaban J connectivity index is 2.47. The summed E-state index contributed by atoms with van der Waals surface area (Å²) in [5.41, 5.74) is 0.801. The highest BCUT2D eigenvalue weighted by Gasteiger charge is 2.09. The summed E-state index contributed by atoms with van der Waals surface area (Å²) in [6.45, 7) is 0. The Morgan fingerprint density at radius 2 is 2.07 bits per heavy atom. The molecule has 0 saturated heterocycles. The molecule has 0 fully saturated rings. The van der Waals surface area contributed by atoms with Crippen LogP contribution in [0.25, 0.3) is 10.9 Å². The average Bonchev–Trinajstić information content (AvgIpc) is 2.61. The van der Waals surface area contributed by atoms with Crippen molar-refractivity contribution in [3.63, 3.8) is 0 Å². The van der Waals surface area contributed by atoms with E-state index in [9.17, 15) is 4.79 Å². The number of hydrogen-bond acceptors (Lipinski definition) is 3. The lowest BCUT2D eigenvalue weighted by molar-refractivity contribution is -0.212. The van der Waals surface area contributed by atoms with E-state index in [-0.39, 0.29) is 0 Å². The van der Waals surface area contributed by atoms with Gasteiger partial charge in [0.05, 0.1) is 12.6 Å². The molecule has 0 spiro atoms. The van der Waals surface area contributed by atoms with Crippen LogP contribution in [0.4, 0.5) is 4.79 Å². The van der Waals surface area contributed by atoms with E-state index in [1.807, 2.05) is 30.3 Å². The topological polar surface area (TPSA) is 40.5 Å². The Morgan fingerprint density at radius 3 is 2.86 bits per heavy atom. The Labute approximate surface area is 80.6 Å². The minimum absolute atomic E-state index is 0.548. The fourth-order valence-electron chi connectivity index (χ4n) is 1.35. The van der Waals surface area contributed by atoms with Gasteiger partial charge in [0.2, 0.25) is 0 Å². The molecular weight excluding hydrogens is 182 g/mol. The summed E-state index contributed by atoms with van der Waals surface area (Å²) in [6, 6.07) is 9.37. The summed E-state index contributed by atoms with van der Waals surface area (Å²) in [5, 5.41) is 0.987. The van der Waals surface area contributed by atoms with Crippen LogP contribution < -0.4 is 0 Å². The van der Waals surface area contributed by atoms with Gasteiger partial charge in [0.15, 0.2) is 0 Å². The Morgan fingerprint density at radius 1 is 1.29 bits per heavy atom. The molecule has 2 aromatic rings. The van der Waals surface area contributed by atoms with Crippen LogP contribution in [0.3, 0.4) is 0 Å². The lowest BCUT2D eigenvalue weighted by Crippen LogP contribution is -2.11. The maximum atomic E-state index is 11.3. The normalized spacial score (nSPS) is 10.4. The van der Waals surface area contributed by atoms with Gasteiger partial charge in [0.1, 0.15) is 0 Å². The summed E-state index contributed by atoms with van der Waals surface area (Å²) in [4.78, 5) is 20.1. The largest absolute Gasteiger partial charge is 0.449 e. The van der Waals surface area contributed by atoms with Crippen molar-refractivity contribution in [3.05, 3.63) is 36.5 Å². The molecule has 2 rings (SSSR count). The van der Waals surface area contributed by atoms with E-state index in [0.29, 0.717) is 0 Å². The summed E-state index contributed by atoms with van der Waals surface area (Å²) >= 11 is 0. The number of hydrogen-bond donors (Lipinski definition) is 0. The third-order valence-electron chi connectivity index (χ3n) is 1.95. The van der Waals surface area contributed by atoms with Crippen molar-refractivity contribution in [2.45, 2.75) is 0 Å². The van der Waals surface area contributed by atoms with Crippen molar-refractivity contribution in [1.82, 2.24) is 4.57 Å². The van der Waals surface area contributed by atoms with E-state index in [0.717, 1.165) is 10.9 Å². The number of nitrogens with zero attached hydrogens (tertiary/aromatic N) is 1. The highest BCUT2D eigenvalue weighted by atomic mass is 17.2. The second-order valence-electron chi connectivity index (χ2n) is 2.76. The fraction of sp³-hybridized carbons (Fsp3) is 0.100. The highest BCUT2D eigenvalue weighted by molar-refractivity contribution is 5.89. The monoisotopic (exact) mass is 191 g/mol. The van der Waals surface area contributed by atoms with E-state index >= 15 is 0 Å². The summed E-state index contributed by atoms with van der Waals surface area (Å²) in [6.07, 6.45) is 1.10. The van der Waals surface area contributed by atoms with E-state index in [1.165, 1.54) is 11.7 Å². The van der Waals surface area contributed by atoms with Gasteiger partial charge in [-0.2, -0.15) is 4.89 Å². The van der Waals surface area contributed by atoms with Gasteiger partial charge in [-0.05, 0) is 12.1 Å². The lowest BCUT2D eigenvalue weighted by Gasteiger charge is -2.01. The molecule has 0 aliphatic rings. The third kappa shape index (κ3) is 1.36. The highest BCUT2D eigenvalue weighted by Crippen LogP contribution is 2.14. The summed E-state index contributed by atoms with van der Waals surface area (Å²) in [5.74, 6) is 0. The molecule has 1 aromatic heterocycles. The molecule has 0 atom stereocenters. The van der Waals surface area contributed by atoms with Crippen LogP contribution in [0.5, 0.6) is 0 Å². The molecule has 0 aliphatic carbocycles. The molecular formula is C10H9NO3. The number of carbonyl (C=O) groups is 1. The van der Waals surface area contributed by atoms with Crippen molar-refractivity contribution in [2.24, 2.45) is 0 Å². The fourth-order valence-corrected chi connectivity index (χ4v) is 1.35. The van der Waals surface area contributed by atoms with Crippen LogP contribution in [0.15, 0.2) is 36.5 Å². The predicted octanol–water partition coefficient (Wildman–Crippen LogP) is 2.19. The average molecular weight is 191 g/mol. The van der Waals surface area contributed by atoms with Crippen molar-refractivity contribution in [1.29, 1.82) is 0 Å². The zero-order chi connectivity index (χ0) is 9.97. The van der Waals surface area contributed by atoms with Gasteiger partial charge in [-0.1, -0.05) is 18.2 Å². The summed E-state index contributed by atoms with van der Waals surface area (Å²) < 4.78 is 1.39. The second kappa shape index (κ2) is 3.51. The molecule has 1 heterocycles. The molecule has 0 amide bonds. The number of rotatable bonds is 1. The Kier molecular flexibility index (Phi) is 2.20. The number of fused-ring (bicyclic) bond motifs is 1. The quantitative estimate of drug-likeness (QED) is 0.512. The van der Waals surface area contributed by atoms with Crippen molar-refractivity contribution in [3.8, 4) is 0 Å². The van der Waals surface area contributed by atoms with E-state index in [1.54, 1.807) is 6.20 Å². The molecule has 14 heavy (non-hydrogen) atoms. The van der Waals surface area contributed by atoms with Crippen LogP contribution in [0.2, 0.25) is 0 Å². The molecule has 0 aliphatic heterocycles. The molecule has 72 valence electrons. The van der Waals surface area contributed by atoms with Crippen LogP contribution >= 0.6 is 0 Å². The first-order valence-corrected chi connectivity index (χ1v) is 4.14. The first kappa shape index (κ1) is 8.77. The van der Waals surface area contributed by atoms with Gasteiger partial charge in [-0.15, -0.1) is 0 Å². The van der Waals surface area contributed by atoms with Gasteiger partial charge in [0.25, 0.3) is 0 Å². The molecule has 0 N–H and O–H groups in total. The standard InChI is InChI=1S/C10H9NO3/c1-13-14-10(12)11-7-6-8-4-2-3-5-9(8)11/h2-7H,1H3. The zero-order valence-corrected chi connectivity index (χ0v) is 7.64. The van der Waals surface area contributed by atoms with E-state index in [4.69, 9.17) is 0 Å². The second-order valence-corrected chi connectivity index (χ2v) is 2.76. The number of carbonyl (C=O) groups excluding carboxylic acids is 1. The molecule has 4 heteroatoms. The Hall–Kier alpha value is -1.81. The number of para-hydroxylation sites is 1. The van der Waals surface area contributed by atoms with Crippen LogP contribution in [0.1, 0.15) is 0 Å². The van der Waals surface area contributed by atoms with Crippen LogP contribution in [-0.2, 0) is 9.78 Å². The molecule has 0 unspecified atom stereocenters. The van der Waals surface area contributed by atoms with Gasteiger partial charge < -0.3 is 0 Å². The molecule has 0 saturated carbocycles. The van der Waals surface area contributed by atoms with Crippen LogP contribution in [-0.4, -0.2) is 17.8 Å². The maximum absolute atomic E-state index is 11.3. The van der Waals surface area contributed by atoms with Crippen LogP contribution in [0, 0.1) is 0 Å². The van der Waals surface area contributed by atoms with Crippen molar-refractivity contribution >= 4 is 17.0 Å². The zero-order valence-electron chi connectivity index (χ0n) is 7.64.